The van der Waals surface area contributed by atoms with Crippen LogP contribution in [-0.2, 0) is 0 Å². The van der Waals surface area contributed by atoms with Gasteiger partial charge in [0.15, 0.2) is 0 Å². The molecular formula is C21H17N. The van der Waals surface area contributed by atoms with Crippen LogP contribution < -0.4 is 0 Å². The second kappa shape index (κ2) is 5.19. The van der Waals surface area contributed by atoms with Gasteiger partial charge in [-0.3, -0.25) is 0 Å². The second-order valence-corrected chi connectivity index (χ2v) is 5.46. The molecule has 0 saturated carbocycles. The Morgan fingerprint density at radius 1 is 0.682 bits per heavy atom. The molecule has 0 aliphatic rings. The zero-order valence-corrected chi connectivity index (χ0v) is 12.5. The van der Waals surface area contributed by atoms with Crippen LogP contribution in [0.15, 0.2) is 78.9 Å². The summed E-state index contributed by atoms with van der Waals surface area (Å²) in [6, 6.07) is 25.9. The Labute approximate surface area is 130 Å². The molecule has 22 heavy (non-hydrogen) atoms. The standard InChI is InChI=1S/C21H17N/c1-2-7-16-12-14-17(15-13-16)22-20-10-5-3-8-18(20)19-9-4-6-11-21(19)22/h2-15H,1H3/b7-2-. The summed E-state index contributed by atoms with van der Waals surface area (Å²) in [5.74, 6) is 0. The van der Waals surface area contributed by atoms with Crippen molar-refractivity contribution in [2.24, 2.45) is 0 Å². The van der Waals surface area contributed by atoms with Gasteiger partial charge in [0.2, 0.25) is 0 Å². The molecule has 1 heterocycles. The van der Waals surface area contributed by atoms with Gasteiger partial charge in [0.05, 0.1) is 11.0 Å². The Kier molecular flexibility index (Phi) is 3.05. The summed E-state index contributed by atoms with van der Waals surface area (Å²) >= 11 is 0. The van der Waals surface area contributed by atoms with Crippen molar-refractivity contribution in [1.82, 2.24) is 4.57 Å². The SMILES string of the molecule is C/C=C\c1ccc(-n2c3ccccc3c3ccccc32)cc1. The van der Waals surface area contributed by atoms with E-state index in [9.17, 15) is 0 Å². The first-order chi connectivity index (χ1) is 10.9. The lowest BCUT2D eigenvalue weighted by atomic mass is 10.2. The van der Waals surface area contributed by atoms with Gasteiger partial charge in [0.25, 0.3) is 0 Å². The van der Waals surface area contributed by atoms with E-state index in [-0.39, 0.29) is 0 Å². The highest BCUT2D eigenvalue weighted by Gasteiger charge is 2.10. The molecule has 0 unspecified atom stereocenters. The van der Waals surface area contributed by atoms with Crippen LogP contribution in [0.5, 0.6) is 0 Å². The van der Waals surface area contributed by atoms with Crippen molar-refractivity contribution in [3.05, 3.63) is 84.4 Å². The van der Waals surface area contributed by atoms with Crippen LogP contribution in [0, 0.1) is 0 Å². The highest BCUT2D eigenvalue weighted by molar-refractivity contribution is 6.09. The van der Waals surface area contributed by atoms with Crippen LogP contribution in [0.1, 0.15) is 12.5 Å². The first kappa shape index (κ1) is 12.9. The average molecular weight is 283 g/mol. The quantitative estimate of drug-likeness (QED) is 0.437. The number of allylic oxidation sites excluding steroid dienone is 1. The molecule has 1 nitrogen and oxygen atoms in total. The molecule has 0 bridgehead atoms. The number of hydrogen-bond acceptors (Lipinski definition) is 0. The van der Waals surface area contributed by atoms with Crippen molar-refractivity contribution in [3.63, 3.8) is 0 Å². The molecule has 106 valence electrons. The molecule has 0 fully saturated rings. The first-order valence-electron chi connectivity index (χ1n) is 7.60. The van der Waals surface area contributed by atoms with Crippen molar-refractivity contribution in [1.29, 1.82) is 0 Å². The van der Waals surface area contributed by atoms with Gasteiger partial charge in [-0.05, 0) is 36.8 Å². The topological polar surface area (TPSA) is 4.93 Å². The zero-order valence-electron chi connectivity index (χ0n) is 12.5. The maximum Gasteiger partial charge on any atom is 0.0541 e. The van der Waals surface area contributed by atoms with Crippen molar-refractivity contribution in [2.45, 2.75) is 6.92 Å². The molecule has 0 saturated heterocycles. The average Bonchev–Trinajstić information content (AvgIpc) is 2.91. The molecular weight excluding hydrogens is 266 g/mol. The minimum atomic E-state index is 1.20. The van der Waals surface area contributed by atoms with Gasteiger partial charge in [-0.1, -0.05) is 60.7 Å². The van der Waals surface area contributed by atoms with Crippen molar-refractivity contribution < 1.29 is 0 Å². The fraction of sp³-hybridized carbons (Fsp3) is 0.0476. The van der Waals surface area contributed by atoms with Crippen LogP contribution in [0.25, 0.3) is 33.6 Å². The van der Waals surface area contributed by atoms with Gasteiger partial charge in [0, 0.05) is 16.5 Å². The Balaban J connectivity index is 2.03. The van der Waals surface area contributed by atoms with Crippen molar-refractivity contribution in [2.75, 3.05) is 0 Å². The van der Waals surface area contributed by atoms with Crippen molar-refractivity contribution in [3.8, 4) is 5.69 Å². The summed E-state index contributed by atoms with van der Waals surface area (Å²) in [5.41, 5.74) is 4.93. The van der Waals surface area contributed by atoms with E-state index in [1.807, 2.05) is 6.92 Å². The van der Waals surface area contributed by atoms with Crippen LogP contribution in [-0.4, -0.2) is 4.57 Å². The number of para-hydroxylation sites is 2. The largest absolute Gasteiger partial charge is 0.309 e. The van der Waals surface area contributed by atoms with Crippen LogP contribution in [0.4, 0.5) is 0 Å². The van der Waals surface area contributed by atoms with Crippen LogP contribution >= 0.6 is 0 Å². The number of aromatic nitrogens is 1. The van der Waals surface area contributed by atoms with E-state index in [2.05, 4.69) is 89.5 Å². The fourth-order valence-electron chi connectivity index (χ4n) is 3.13. The lowest BCUT2D eigenvalue weighted by molar-refractivity contribution is 1.18. The van der Waals surface area contributed by atoms with Crippen molar-refractivity contribution >= 4 is 27.9 Å². The summed E-state index contributed by atoms with van der Waals surface area (Å²) in [6.45, 7) is 2.04. The molecule has 0 aliphatic heterocycles. The first-order valence-corrected chi connectivity index (χ1v) is 7.60. The van der Waals surface area contributed by atoms with Gasteiger partial charge in [-0.15, -0.1) is 0 Å². The maximum absolute atomic E-state index is 2.34. The Hall–Kier alpha value is -2.80. The summed E-state index contributed by atoms with van der Waals surface area (Å²) in [6.07, 6.45) is 4.19. The maximum atomic E-state index is 2.34. The molecule has 0 N–H and O–H groups in total. The Morgan fingerprint density at radius 2 is 1.23 bits per heavy atom. The Morgan fingerprint density at radius 3 is 1.77 bits per heavy atom. The third-order valence-corrected chi connectivity index (χ3v) is 4.09. The number of rotatable bonds is 2. The van der Waals surface area contributed by atoms with E-state index in [0.29, 0.717) is 0 Å². The monoisotopic (exact) mass is 283 g/mol. The minimum absolute atomic E-state index is 1.20. The highest BCUT2D eigenvalue weighted by Crippen LogP contribution is 2.31. The lowest BCUT2D eigenvalue weighted by Crippen LogP contribution is -1.93. The smallest absolute Gasteiger partial charge is 0.0541 e. The summed E-state index contributed by atoms with van der Waals surface area (Å²) in [4.78, 5) is 0. The molecule has 0 amide bonds. The highest BCUT2D eigenvalue weighted by atomic mass is 15.0. The van der Waals surface area contributed by atoms with E-state index >= 15 is 0 Å². The molecule has 0 radical (unpaired) electrons. The van der Waals surface area contributed by atoms with E-state index in [1.54, 1.807) is 0 Å². The zero-order chi connectivity index (χ0) is 14.9. The number of fused-ring (bicyclic) bond motifs is 3. The van der Waals surface area contributed by atoms with Crippen LogP contribution in [0.2, 0.25) is 0 Å². The third-order valence-electron chi connectivity index (χ3n) is 4.09. The molecule has 0 spiro atoms. The molecule has 0 atom stereocenters. The number of hydrogen-bond donors (Lipinski definition) is 0. The molecule has 4 rings (SSSR count). The second-order valence-electron chi connectivity index (χ2n) is 5.46. The fourth-order valence-corrected chi connectivity index (χ4v) is 3.13. The molecule has 3 aromatic carbocycles. The normalized spacial score (nSPS) is 11.7. The van der Waals surface area contributed by atoms with E-state index in [0.717, 1.165) is 0 Å². The van der Waals surface area contributed by atoms with Gasteiger partial charge in [-0.25, -0.2) is 0 Å². The molecule has 0 aliphatic carbocycles. The predicted molar refractivity (Wildman–Crippen MR) is 95.5 cm³/mol. The van der Waals surface area contributed by atoms with Crippen LogP contribution in [0.3, 0.4) is 0 Å². The minimum Gasteiger partial charge on any atom is -0.309 e. The van der Waals surface area contributed by atoms with E-state index < -0.39 is 0 Å². The third kappa shape index (κ3) is 1.94. The lowest BCUT2D eigenvalue weighted by Gasteiger charge is -2.08. The summed E-state index contributed by atoms with van der Waals surface area (Å²) in [7, 11) is 0. The van der Waals surface area contributed by atoms with Gasteiger partial charge >= 0.3 is 0 Å². The van der Waals surface area contributed by atoms with Gasteiger partial charge < -0.3 is 4.57 Å². The molecule has 1 aromatic heterocycles. The summed E-state index contributed by atoms with van der Waals surface area (Å²) in [5, 5.41) is 2.60. The number of benzene rings is 3. The van der Waals surface area contributed by atoms with Gasteiger partial charge in [0.1, 0.15) is 0 Å². The molecule has 1 heteroatoms. The molecule has 4 aromatic rings. The predicted octanol–water partition coefficient (Wildman–Crippen LogP) is 5.82. The Bertz CT molecular complexity index is 919. The number of nitrogens with zero attached hydrogens (tertiary/aromatic N) is 1. The summed E-state index contributed by atoms with van der Waals surface area (Å²) < 4.78 is 2.34. The van der Waals surface area contributed by atoms with E-state index in [4.69, 9.17) is 0 Å². The van der Waals surface area contributed by atoms with E-state index in [1.165, 1.54) is 33.1 Å². The van der Waals surface area contributed by atoms with Gasteiger partial charge in [-0.2, -0.15) is 0 Å².